The molecule has 0 bridgehead atoms. The van der Waals surface area contributed by atoms with Crippen molar-refractivity contribution in [3.05, 3.63) is 74.9 Å². The van der Waals surface area contributed by atoms with Gasteiger partial charge in [-0.3, -0.25) is 33.7 Å². The van der Waals surface area contributed by atoms with Crippen molar-refractivity contribution >= 4 is 82.4 Å². The second-order valence-corrected chi connectivity index (χ2v) is 20.1. The number of urea groups is 1. The SMILES string of the molecule is CC[C@@]1(OC(C)=O)C(=O)OCc2c1cc1n(c2=S)Cc2c-1nc1cc3c(cc1c2CNC(=O)OCc1ccc(NC(=O)[C@H](CCCNC(N)=O)NC(=O)[C@@H](NC(=O)CCCCCN2C(=O)CCC2=O)C(C)C)cc1)OCCO3. The number of hydrogen-bond acceptors (Lipinski definition) is 16. The first-order valence-electron chi connectivity index (χ1n) is 26.0. The lowest BCUT2D eigenvalue weighted by atomic mass is 9.85. The van der Waals surface area contributed by atoms with Gasteiger partial charge >= 0.3 is 24.1 Å². The number of carbonyl (C=O) groups is 9. The van der Waals surface area contributed by atoms with E-state index >= 15 is 0 Å². The fourth-order valence-electron chi connectivity index (χ4n) is 10.0. The van der Waals surface area contributed by atoms with Gasteiger partial charge in [0.1, 0.15) is 43.2 Å². The minimum Gasteiger partial charge on any atom is -0.486 e. The Bertz CT molecular complexity index is 3110. The van der Waals surface area contributed by atoms with E-state index in [1.54, 1.807) is 57.2 Å². The largest absolute Gasteiger partial charge is 0.486 e. The molecule has 4 aliphatic rings. The molecule has 8 rings (SSSR count). The first kappa shape index (κ1) is 56.1. The van der Waals surface area contributed by atoms with E-state index in [1.807, 2.05) is 10.6 Å². The number of nitrogens with two attached hydrogens (primary N) is 1. The van der Waals surface area contributed by atoms with Crippen LogP contribution in [0.4, 0.5) is 15.3 Å². The third-order valence-corrected chi connectivity index (χ3v) is 14.5. The van der Waals surface area contributed by atoms with Crippen molar-refractivity contribution in [2.75, 3.05) is 31.6 Å². The number of esters is 2. The molecular formula is C54H63N9O14S. The summed E-state index contributed by atoms with van der Waals surface area (Å²) in [7, 11) is 0. The minimum atomic E-state index is -1.71. The molecule has 4 aliphatic heterocycles. The third-order valence-electron chi connectivity index (χ3n) is 14.1. The number of benzene rings is 2. The van der Waals surface area contributed by atoms with Gasteiger partial charge in [0.05, 0.1) is 23.4 Å². The van der Waals surface area contributed by atoms with Crippen molar-refractivity contribution in [3.63, 3.8) is 0 Å². The summed E-state index contributed by atoms with van der Waals surface area (Å²) in [5.74, 6) is -2.56. The number of hydrogen-bond donors (Lipinski definition) is 6. The lowest BCUT2D eigenvalue weighted by Crippen LogP contribution is -2.54. The molecule has 6 heterocycles. The van der Waals surface area contributed by atoms with Gasteiger partial charge in [-0.15, -0.1) is 0 Å². The maximum Gasteiger partial charge on any atom is 0.407 e. The summed E-state index contributed by atoms with van der Waals surface area (Å²) >= 11 is 6.02. The fourth-order valence-corrected chi connectivity index (χ4v) is 10.3. The van der Waals surface area contributed by atoms with Crippen LogP contribution in [0.25, 0.3) is 22.3 Å². The van der Waals surface area contributed by atoms with Crippen molar-refractivity contribution in [1.82, 2.24) is 35.7 Å². The summed E-state index contributed by atoms with van der Waals surface area (Å²) in [5.41, 5.74) is 8.57. The molecule has 414 valence electrons. The summed E-state index contributed by atoms with van der Waals surface area (Å²) in [4.78, 5) is 121. The van der Waals surface area contributed by atoms with Gasteiger partial charge in [-0.05, 0) is 73.4 Å². The maximum atomic E-state index is 13.8. The number of imide groups is 1. The Balaban J connectivity index is 0.905. The number of anilines is 1. The maximum absolute atomic E-state index is 13.8. The van der Waals surface area contributed by atoms with Crippen LogP contribution in [0.5, 0.6) is 11.5 Å². The van der Waals surface area contributed by atoms with Gasteiger partial charge in [0, 0.05) is 79.7 Å². The predicted molar refractivity (Wildman–Crippen MR) is 282 cm³/mol. The molecule has 0 aliphatic carbocycles. The second kappa shape index (κ2) is 24.5. The molecule has 0 spiro atoms. The Morgan fingerprint density at radius 2 is 1.59 bits per heavy atom. The van der Waals surface area contributed by atoms with Gasteiger partial charge in [-0.2, -0.15) is 0 Å². The van der Waals surface area contributed by atoms with Gasteiger partial charge in [0.2, 0.25) is 35.1 Å². The standard InChI is InChI=1S/C54H63N9O14S/c1-5-54(77-30(4)64)37-23-40-47-35(26-63(40)50(78)36(37)28-75-51(54)70)34(33-22-41-42(24-39(33)59-47)74-21-20-73-41)25-57-53(72)76-27-31-12-14-32(15-13-31)58-48(68)38(10-9-18-56-52(55)71)60-49(69)46(29(2)3)61-43(65)11-7-6-8-19-62-44(66)16-17-45(62)67/h12-15,22-24,29,38,46H,5-11,16-21,25-28H2,1-4H3,(H,57,72)(H,58,68)(H,60,69)(H,61,65)(H3,55,56,71)/t38-,46-,54-/m0/s1. The molecule has 1 saturated heterocycles. The van der Waals surface area contributed by atoms with E-state index in [0.29, 0.717) is 105 Å². The van der Waals surface area contributed by atoms with Crippen LogP contribution in [0, 0.1) is 10.6 Å². The Labute approximate surface area is 453 Å². The van der Waals surface area contributed by atoms with Crippen LogP contribution in [-0.2, 0) is 79.7 Å². The lowest BCUT2D eigenvalue weighted by molar-refractivity contribution is -0.188. The van der Waals surface area contributed by atoms with Crippen LogP contribution >= 0.6 is 12.2 Å². The van der Waals surface area contributed by atoms with Crippen LogP contribution in [0.3, 0.4) is 0 Å². The van der Waals surface area contributed by atoms with Crippen LogP contribution in [0.15, 0.2) is 42.5 Å². The van der Waals surface area contributed by atoms with E-state index in [0.717, 1.165) is 5.56 Å². The molecule has 0 radical (unpaired) electrons. The molecule has 4 aromatic rings. The van der Waals surface area contributed by atoms with E-state index in [9.17, 15) is 43.2 Å². The number of primary amides is 1. The zero-order valence-electron chi connectivity index (χ0n) is 43.8. The fraction of sp³-hybridized carbons (Fsp3) is 0.463. The highest BCUT2D eigenvalue weighted by Gasteiger charge is 2.49. The molecule has 24 heteroatoms. The third kappa shape index (κ3) is 12.5. The molecular weight excluding hydrogens is 1030 g/mol. The summed E-state index contributed by atoms with van der Waals surface area (Å²) in [6.07, 6.45) is 1.94. The quantitative estimate of drug-likeness (QED) is 0.0176. The summed E-state index contributed by atoms with van der Waals surface area (Å²) in [5, 5.41) is 14.4. The van der Waals surface area contributed by atoms with Crippen LogP contribution in [-0.4, -0.2) is 106 Å². The first-order valence-corrected chi connectivity index (χ1v) is 26.4. The van der Waals surface area contributed by atoms with E-state index in [-0.39, 0.29) is 95.0 Å². The van der Waals surface area contributed by atoms with Crippen molar-refractivity contribution in [2.45, 2.75) is 129 Å². The zero-order chi connectivity index (χ0) is 55.8. The Kier molecular flexibility index (Phi) is 17.6. The van der Waals surface area contributed by atoms with Crippen molar-refractivity contribution in [2.24, 2.45) is 11.7 Å². The summed E-state index contributed by atoms with van der Waals surface area (Å²) < 4.78 is 31.0. The number of unbranched alkanes of at least 4 members (excludes halogenated alkanes) is 2. The van der Waals surface area contributed by atoms with E-state index < -0.39 is 53.6 Å². The zero-order valence-corrected chi connectivity index (χ0v) is 44.7. The number of pyridine rings is 2. The highest BCUT2D eigenvalue weighted by molar-refractivity contribution is 7.71. The number of ether oxygens (including phenoxy) is 5. The average Bonchev–Trinajstić information content (AvgIpc) is 4.17. The number of rotatable bonds is 22. The normalized spacial score (nSPS) is 16.8. The number of likely N-dealkylation sites (tertiary alicyclic amines) is 1. The molecule has 1 fully saturated rings. The van der Waals surface area contributed by atoms with Crippen LogP contribution in [0.2, 0.25) is 0 Å². The van der Waals surface area contributed by atoms with Crippen LogP contribution in [0.1, 0.15) is 113 Å². The van der Waals surface area contributed by atoms with Crippen molar-refractivity contribution in [1.29, 1.82) is 0 Å². The van der Waals surface area contributed by atoms with Gasteiger partial charge in [-0.25, -0.2) is 19.4 Å². The highest BCUT2D eigenvalue weighted by Crippen LogP contribution is 2.45. The predicted octanol–water partition coefficient (Wildman–Crippen LogP) is 4.94. The van der Waals surface area contributed by atoms with E-state index in [4.69, 9.17) is 46.6 Å². The van der Waals surface area contributed by atoms with E-state index in [2.05, 4.69) is 26.6 Å². The monoisotopic (exact) mass is 1090 g/mol. The topological polar surface area (TPSA) is 307 Å². The van der Waals surface area contributed by atoms with Crippen molar-refractivity contribution in [3.8, 4) is 22.9 Å². The second-order valence-electron chi connectivity index (χ2n) is 19.7. The van der Waals surface area contributed by atoms with Gasteiger partial charge < -0.3 is 60.6 Å². The molecule has 0 unspecified atom stereocenters. The van der Waals surface area contributed by atoms with Crippen LogP contribution < -0.4 is 41.8 Å². The Hall–Kier alpha value is -8.15. The number of carbonyl (C=O) groups excluding carboxylic acids is 9. The number of alkyl carbamates (subject to hydrolysis) is 1. The number of aromatic nitrogens is 2. The molecule has 0 saturated carbocycles. The molecule has 3 atom stereocenters. The molecule has 8 amide bonds. The number of nitrogens with zero attached hydrogens (tertiary/aromatic N) is 3. The summed E-state index contributed by atoms with van der Waals surface area (Å²) in [6.45, 7) is 7.62. The van der Waals surface area contributed by atoms with Crippen molar-refractivity contribution < 1.29 is 66.8 Å². The first-order chi connectivity index (χ1) is 37.4. The molecule has 2 aromatic carbocycles. The van der Waals surface area contributed by atoms with Gasteiger partial charge in [-0.1, -0.05) is 51.5 Å². The minimum absolute atomic E-state index is 0.00489. The molecule has 7 N–H and O–H groups in total. The molecule has 78 heavy (non-hydrogen) atoms. The smallest absolute Gasteiger partial charge is 0.407 e. The van der Waals surface area contributed by atoms with E-state index in [1.165, 1.54) is 11.8 Å². The Morgan fingerprint density at radius 3 is 2.27 bits per heavy atom. The van der Waals surface area contributed by atoms with Gasteiger partial charge in [0.25, 0.3) is 0 Å². The number of cyclic esters (lactones) is 1. The summed E-state index contributed by atoms with van der Waals surface area (Å²) in [6, 6.07) is 9.10. The average molecular weight is 1090 g/mol. The Morgan fingerprint density at radius 1 is 0.872 bits per heavy atom. The number of amides is 8. The van der Waals surface area contributed by atoms with Gasteiger partial charge in [0.15, 0.2) is 11.5 Å². The highest BCUT2D eigenvalue weighted by atomic mass is 32.1. The lowest BCUT2D eigenvalue weighted by Gasteiger charge is -2.35. The molecule has 23 nitrogen and oxygen atoms in total. The number of nitrogens with one attached hydrogen (secondary N) is 5. The molecule has 2 aromatic heterocycles. The number of fused-ring (bicyclic) bond motifs is 6.